The van der Waals surface area contributed by atoms with Crippen LogP contribution in [-0.2, 0) is 9.47 Å². The van der Waals surface area contributed by atoms with Gasteiger partial charge in [0.1, 0.15) is 23.1 Å². The first-order valence-electron chi connectivity index (χ1n) is 6.40. The molecule has 1 aliphatic rings. The third-order valence-electron chi connectivity index (χ3n) is 2.95. The lowest BCUT2D eigenvalue weighted by Gasteiger charge is -2.34. The van der Waals surface area contributed by atoms with E-state index in [2.05, 4.69) is 0 Å². The maximum absolute atomic E-state index is 12.4. The molecule has 0 radical (unpaired) electrons. The van der Waals surface area contributed by atoms with Gasteiger partial charge in [0.2, 0.25) is 0 Å². The van der Waals surface area contributed by atoms with Crippen molar-refractivity contribution in [2.24, 2.45) is 0 Å². The van der Waals surface area contributed by atoms with Gasteiger partial charge in [0, 0.05) is 0 Å². The van der Waals surface area contributed by atoms with E-state index in [-0.39, 0.29) is 6.04 Å². The van der Waals surface area contributed by atoms with E-state index in [1.807, 2.05) is 40.7 Å². The number of ether oxygens (including phenoxy) is 2. The van der Waals surface area contributed by atoms with Crippen LogP contribution in [0.25, 0.3) is 0 Å². The minimum Gasteiger partial charge on any atom is -0.467 e. The molecule has 0 bridgehead atoms. The monoisotopic (exact) mass is 267 g/mol. The van der Waals surface area contributed by atoms with Crippen molar-refractivity contribution in [3.8, 4) is 0 Å². The lowest BCUT2D eigenvalue weighted by Crippen LogP contribution is -2.47. The Kier molecular flexibility index (Phi) is 3.34. The normalized spacial score (nSPS) is 22.6. The molecule has 0 saturated carbocycles. The van der Waals surface area contributed by atoms with Gasteiger partial charge in [-0.3, -0.25) is 4.90 Å². The van der Waals surface area contributed by atoms with E-state index in [0.717, 1.165) is 0 Å². The van der Waals surface area contributed by atoms with Crippen LogP contribution in [0.5, 0.6) is 0 Å². The van der Waals surface area contributed by atoms with E-state index < -0.39 is 17.4 Å². The Bertz CT molecular complexity index is 445. The average molecular weight is 267 g/mol. The zero-order chi connectivity index (χ0) is 14.3. The maximum Gasteiger partial charge on any atom is 0.413 e. The zero-order valence-corrected chi connectivity index (χ0v) is 12.1. The predicted octanol–water partition coefficient (Wildman–Crippen LogP) is 3.32. The maximum atomic E-state index is 12.4. The van der Waals surface area contributed by atoms with Crippen LogP contribution in [0.3, 0.4) is 0 Å². The summed E-state index contributed by atoms with van der Waals surface area (Å²) in [7, 11) is 0. The van der Waals surface area contributed by atoms with E-state index in [4.69, 9.17) is 13.9 Å². The summed E-state index contributed by atoms with van der Waals surface area (Å²) in [5.74, 6) is 0.705. The zero-order valence-electron chi connectivity index (χ0n) is 12.1. The van der Waals surface area contributed by atoms with Crippen LogP contribution in [0, 0.1) is 0 Å². The van der Waals surface area contributed by atoms with Gasteiger partial charge < -0.3 is 13.9 Å². The van der Waals surface area contributed by atoms with Crippen molar-refractivity contribution in [1.82, 2.24) is 4.90 Å². The van der Waals surface area contributed by atoms with Gasteiger partial charge in [0.25, 0.3) is 0 Å². The van der Waals surface area contributed by atoms with Crippen LogP contribution in [0.15, 0.2) is 22.8 Å². The Morgan fingerprint density at radius 1 is 1.47 bits per heavy atom. The quantitative estimate of drug-likeness (QED) is 0.783. The van der Waals surface area contributed by atoms with Crippen LogP contribution in [0.4, 0.5) is 4.79 Å². The molecule has 1 fully saturated rings. The fourth-order valence-corrected chi connectivity index (χ4v) is 2.15. The minimum atomic E-state index is -0.709. The summed E-state index contributed by atoms with van der Waals surface area (Å²) in [6.45, 7) is 9.63. The lowest BCUT2D eigenvalue weighted by molar-refractivity contribution is -0.0632. The SMILES string of the molecule is CC(C)(C)OC(=O)N1C(c2ccco2)COC1(C)C. The number of hydrogen-bond acceptors (Lipinski definition) is 4. The highest BCUT2D eigenvalue weighted by atomic mass is 16.6. The van der Waals surface area contributed by atoms with E-state index in [1.54, 1.807) is 17.2 Å². The van der Waals surface area contributed by atoms with Crippen molar-refractivity contribution in [3.63, 3.8) is 0 Å². The summed E-state index contributed by atoms with van der Waals surface area (Å²) in [6, 6.07) is 3.39. The number of carbonyl (C=O) groups is 1. The number of hydrogen-bond donors (Lipinski definition) is 0. The smallest absolute Gasteiger partial charge is 0.413 e. The molecule has 1 aliphatic heterocycles. The van der Waals surface area contributed by atoms with E-state index in [9.17, 15) is 4.79 Å². The van der Waals surface area contributed by atoms with Crippen molar-refractivity contribution in [3.05, 3.63) is 24.2 Å². The molecule has 0 spiro atoms. The summed E-state index contributed by atoms with van der Waals surface area (Å²) in [6.07, 6.45) is 1.20. The molecule has 2 rings (SSSR count). The van der Waals surface area contributed by atoms with Gasteiger partial charge >= 0.3 is 6.09 Å². The van der Waals surface area contributed by atoms with Crippen LogP contribution in [0.2, 0.25) is 0 Å². The Morgan fingerprint density at radius 2 is 2.16 bits per heavy atom. The molecule has 0 aromatic carbocycles. The first-order valence-corrected chi connectivity index (χ1v) is 6.40. The second kappa shape index (κ2) is 4.56. The molecule has 1 atom stereocenters. The van der Waals surface area contributed by atoms with Gasteiger partial charge in [0.05, 0.1) is 12.9 Å². The third-order valence-corrected chi connectivity index (χ3v) is 2.95. The third kappa shape index (κ3) is 2.92. The largest absolute Gasteiger partial charge is 0.467 e. The Labute approximate surface area is 113 Å². The molecule has 1 aromatic heterocycles. The Morgan fingerprint density at radius 3 is 2.68 bits per heavy atom. The van der Waals surface area contributed by atoms with Crippen molar-refractivity contribution in [2.45, 2.75) is 52.0 Å². The van der Waals surface area contributed by atoms with Crippen LogP contribution in [-0.4, -0.2) is 28.9 Å². The van der Waals surface area contributed by atoms with Crippen LogP contribution < -0.4 is 0 Å². The summed E-state index contributed by atoms with van der Waals surface area (Å²) in [5.41, 5.74) is -1.25. The predicted molar refractivity (Wildman–Crippen MR) is 69.6 cm³/mol. The highest BCUT2D eigenvalue weighted by Gasteiger charge is 2.47. The molecule has 106 valence electrons. The molecule has 1 amide bonds. The molecule has 2 heterocycles. The van der Waals surface area contributed by atoms with Gasteiger partial charge in [-0.05, 0) is 46.8 Å². The number of rotatable bonds is 1. The van der Waals surface area contributed by atoms with Crippen molar-refractivity contribution in [1.29, 1.82) is 0 Å². The second-order valence-corrected chi connectivity index (χ2v) is 6.14. The molecule has 0 N–H and O–H groups in total. The van der Waals surface area contributed by atoms with E-state index in [0.29, 0.717) is 12.4 Å². The molecule has 1 saturated heterocycles. The number of amides is 1. The fraction of sp³-hybridized carbons (Fsp3) is 0.643. The minimum absolute atomic E-state index is 0.250. The molecule has 1 unspecified atom stereocenters. The molecule has 5 nitrogen and oxygen atoms in total. The molecular formula is C14H21NO4. The first-order chi connectivity index (χ1) is 8.71. The van der Waals surface area contributed by atoms with Gasteiger partial charge in [-0.2, -0.15) is 0 Å². The molecule has 1 aromatic rings. The number of nitrogens with zero attached hydrogens (tertiary/aromatic N) is 1. The van der Waals surface area contributed by atoms with E-state index in [1.165, 1.54) is 0 Å². The highest BCUT2D eigenvalue weighted by molar-refractivity contribution is 5.70. The summed E-state index contributed by atoms with van der Waals surface area (Å²) in [4.78, 5) is 14.0. The summed E-state index contributed by atoms with van der Waals surface area (Å²) < 4.78 is 16.5. The van der Waals surface area contributed by atoms with Gasteiger partial charge in [-0.15, -0.1) is 0 Å². The fourth-order valence-electron chi connectivity index (χ4n) is 2.15. The Balaban J connectivity index is 2.24. The number of furan rings is 1. The molecule has 0 aliphatic carbocycles. The standard InChI is InChI=1S/C14H21NO4/c1-13(2,3)19-12(16)15-10(9-18-14(15,4)5)11-7-6-8-17-11/h6-8,10H,9H2,1-5H3. The van der Waals surface area contributed by atoms with Gasteiger partial charge in [-0.1, -0.05) is 0 Å². The van der Waals surface area contributed by atoms with Crippen molar-refractivity contribution >= 4 is 6.09 Å². The highest BCUT2D eigenvalue weighted by Crippen LogP contribution is 2.37. The lowest BCUT2D eigenvalue weighted by atomic mass is 10.1. The molecule has 5 heteroatoms. The van der Waals surface area contributed by atoms with Crippen LogP contribution >= 0.6 is 0 Å². The molecular weight excluding hydrogens is 246 g/mol. The van der Waals surface area contributed by atoms with Crippen molar-refractivity contribution < 1.29 is 18.7 Å². The summed E-state index contributed by atoms with van der Waals surface area (Å²) >= 11 is 0. The topological polar surface area (TPSA) is 51.9 Å². The van der Waals surface area contributed by atoms with E-state index >= 15 is 0 Å². The molecule has 19 heavy (non-hydrogen) atoms. The number of carbonyl (C=O) groups excluding carboxylic acids is 1. The first kappa shape index (κ1) is 13.9. The van der Waals surface area contributed by atoms with Crippen LogP contribution in [0.1, 0.15) is 46.4 Å². The van der Waals surface area contributed by atoms with Gasteiger partial charge in [0.15, 0.2) is 0 Å². The Hall–Kier alpha value is -1.49. The second-order valence-electron chi connectivity index (χ2n) is 6.14. The average Bonchev–Trinajstić information content (AvgIpc) is 2.81. The van der Waals surface area contributed by atoms with Gasteiger partial charge in [-0.25, -0.2) is 4.79 Å². The van der Waals surface area contributed by atoms with Crippen molar-refractivity contribution in [2.75, 3.05) is 6.61 Å². The summed E-state index contributed by atoms with van der Waals surface area (Å²) in [5, 5.41) is 0.